The van der Waals surface area contributed by atoms with Gasteiger partial charge in [-0.1, -0.05) is 0 Å². The van der Waals surface area contributed by atoms with Crippen LogP contribution in [0.2, 0.25) is 0 Å². The maximum absolute atomic E-state index is 11.8. The molecule has 4 nitrogen and oxygen atoms in total. The lowest BCUT2D eigenvalue weighted by Gasteiger charge is -2.37. The van der Waals surface area contributed by atoms with E-state index in [-0.39, 0.29) is 5.91 Å². The second-order valence-corrected chi connectivity index (χ2v) is 4.92. The molecule has 0 aromatic heterocycles. The van der Waals surface area contributed by atoms with Gasteiger partial charge in [0.15, 0.2) is 0 Å². The second-order valence-electron chi connectivity index (χ2n) is 4.92. The average molecular weight is 225 g/mol. The molecule has 16 heavy (non-hydrogen) atoms. The molecular formula is C12H23N3O. The van der Waals surface area contributed by atoms with Crippen LogP contribution in [0.15, 0.2) is 0 Å². The number of rotatable bonds is 3. The highest BCUT2D eigenvalue weighted by molar-refractivity contribution is 5.76. The van der Waals surface area contributed by atoms with Gasteiger partial charge in [0, 0.05) is 32.1 Å². The normalized spacial score (nSPS) is 27.3. The van der Waals surface area contributed by atoms with Gasteiger partial charge < -0.3 is 10.6 Å². The second kappa shape index (κ2) is 5.64. The first-order valence-corrected chi connectivity index (χ1v) is 6.53. The number of hydrogen-bond acceptors (Lipinski definition) is 3. The zero-order valence-corrected chi connectivity index (χ0v) is 10.0. The Labute approximate surface area is 97.8 Å². The van der Waals surface area contributed by atoms with Crippen molar-refractivity contribution in [2.75, 3.05) is 32.7 Å². The van der Waals surface area contributed by atoms with Crippen molar-refractivity contribution >= 4 is 5.91 Å². The van der Waals surface area contributed by atoms with Crippen molar-refractivity contribution in [2.24, 2.45) is 5.73 Å². The molecule has 2 aliphatic rings. The van der Waals surface area contributed by atoms with Crippen molar-refractivity contribution in [2.45, 2.75) is 38.1 Å². The van der Waals surface area contributed by atoms with Gasteiger partial charge in [0.1, 0.15) is 0 Å². The molecule has 0 saturated carbocycles. The number of carbonyl (C=O) groups excluding carboxylic acids is 1. The fourth-order valence-electron chi connectivity index (χ4n) is 2.87. The van der Waals surface area contributed by atoms with E-state index in [2.05, 4.69) is 4.90 Å². The molecule has 2 saturated heterocycles. The van der Waals surface area contributed by atoms with Crippen LogP contribution in [0.3, 0.4) is 0 Å². The fourth-order valence-corrected chi connectivity index (χ4v) is 2.87. The zero-order chi connectivity index (χ0) is 11.4. The quantitative estimate of drug-likeness (QED) is 0.757. The molecule has 2 aliphatic heterocycles. The fraction of sp³-hybridized carbons (Fsp3) is 0.917. The van der Waals surface area contributed by atoms with Gasteiger partial charge in [-0.25, -0.2) is 0 Å². The molecule has 92 valence electrons. The Morgan fingerprint density at radius 1 is 1.19 bits per heavy atom. The lowest BCUT2D eigenvalue weighted by Crippen LogP contribution is -2.49. The minimum Gasteiger partial charge on any atom is -0.341 e. The molecule has 2 fully saturated rings. The highest BCUT2D eigenvalue weighted by Crippen LogP contribution is 2.20. The van der Waals surface area contributed by atoms with Gasteiger partial charge in [-0.15, -0.1) is 0 Å². The van der Waals surface area contributed by atoms with Crippen molar-refractivity contribution in [1.82, 2.24) is 9.80 Å². The van der Waals surface area contributed by atoms with E-state index in [1.54, 1.807) is 0 Å². The maximum Gasteiger partial charge on any atom is 0.223 e. The van der Waals surface area contributed by atoms with Crippen LogP contribution in [-0.2, 0) is 4.79 Å². The summed E-state index contributed by atoms with van der Waals surface area (Å²) in [7, 11) is 0. The Hall–Kier alpha value is -0.610. The van der Waals surface area contributed by atoms with Crippen LogP contribution >= 0.6 is 0 Å². The number of nitrogens with zero attached hydrogens (tertiary/aromatic N) is 2. The molecule has 1 amide bonds. The number of amides is 1. The smallest absolute Gasteiger partial charge is 0.223 e. The Kier molecular flexibility index (Phi) is 4.18. The van der Waals surface area contributed by atoms with E-state index in [0.29, 0.717) is 19.0 Å². The number of carbonyl (C=O) groups is 1. The number of likely N-dealkylation sites (tertiary alicyclic amines) is 2. The molecule has 0 bridgehead atoms. The van der Waals surface area contributed by atoms with Gasteiger partial charge >= 0.3 is 0 Å². The van der Waals surface area contributed by atoms with Crippen molar-refractivity contribution in [1.29, 1.82) is 0 Å². The summed E-state index contributed by atoms with van der Waals surface area (Å²) in [5.74, 6) is 0.242. The standard InChI is InChI=1S/C12H23N3O/c13-6-5-12(16)15-9-3-4-11(10-15)14-7-1-2-8-14/h11H,1-10,13H2. The Morgan fingerprint density at radius 2 is 1.94 bits per heavy atom. The molecule has 4 heteroatoms. The minimum atomic E-state index is 0.242. The van der Waals surface area contributed by atoms with Crippen LogP contribution in [0.1, 0.15) is 32.1 Å². The molecule has 0 radical (unpaired) electrons. The van der Waals surface area contributed by atoms with E-state index in [1.165, 1.54) is 32.4 Å². The summed E-state index contributed by atoms with van der Waals surface area (Å²) in [4.78, 5) is 16.4. The van der Waals surface area contributed by atoms with E-state index in [0.717, 1.165) is 19.5 Å². The van der Waals surface area contributed by atoms with Gasteiger partial charge in [0.05, 0.1) is 0 Å². The summed E-state index contributed by atoms with van der Waals surface area (Å²) < 4.78 is 0. The Balaban J connectivity index is 1.85. The first kappa shape index (κ1) is 11.9. The Morgan fingerprint density at radius 3 is 2.62 bits per heavy atom. The van der Waals surface area contributed by atoms with Crippen LogP contribution in [0.25, 0.3) is 0 Å². The van der Waals surface area contributed by atoms with Crippen LogP contribution in [0.5, 0.6) is 0 Å². The number of nitrogens with two attached hydrogens (primary N) is 1. The van der Waals surface area contributed by atoms with Crippen molar-refractivity contribution in [3.8, 4) is 0 Å². The molecule has 1 atom stereocenters. The summed E-state index contributed by atoms with van der Waals surface area (Å²) in [6.45, 7) is 4.79. The molecule has 1 unspecified atom stereocenters. The molecule has 0 aromatic rings. The lowest BCUT2D eigenvalue weighted by atomic mass is 10.0. The third-order valence-corrected chi connectivity index (χ3v) is 3.76. The average Bonchev–Trinajstić information content (AvgIpc) is 2.83. The van der Waals surface area contributed by atoms with Crippen molar-refractivity contribution < 1.29 is 4.79 Å². The number of hydrogen-bond donors (Lipinski definition) is 1. The SMILES string of the molecule is NCCC(=O)N1CCCC(N2CCCC2)C1. The van der Waals surface area contributed by atoms with Gasteiger partial charge in [-0.05, 0) is 38.8 Å². The third kappa shape index (κ3) is 2.74. The van der Waals surface area contributed by atoms with E-state index in [4.69, 9.17) is 5.73 Å². The van der Waals surface area contributed by atoms with Gasteiger partial charge in [-0.2, -0.15) is 0 Å². The summed E-state index contributed by atoms with van der Waals surface area (Å²) in [6.07, 6.45) is 5.57. The van der Waals surface area contributed by atoms with Gasteiger partial charge in [0.25, 0.3) is 0 Å². The maximum atomic E-state index is 11.8. The molecule has 0 spiro atoms. The zero-order valence-electron chi connectivity index (χ0n) is 10.0. The topological polar surface area (TPSA) is 49.6 Å². The largest absolute Gasteiger partial charge is 0.341 e. The third-order valence-electron chi connectivity index (χ3n) is 3.76. The predicted octanol–water partition coefficient (Wildman–Crippen LogP) is 0.422. The molecule has 0 aromatic carbocycles. The van der Waals surface area contributed by atoms with Crippen LogP contribution in [0, 0.1) is 0 Å². The van der Waals surface area contributed by atoms with E-state index < -0.39 is 0 Å². The molecule has 2 N–H and O–H groups in total. The summed E-state index contributed by atoms with van der Waals surface area (Å²) in [5.41, 5.74) is 5.43. The van der Waals surface area contributed by atoms with Crippen LogP contribution in [0.4, 0.5) is 0 Å². The van der Waals surface area contributed by atoms with E-state index in [1.807, 2.05) is 4.90 Å². The van der Waals surface area contributed by atoms with Gasteiger partial charge in [0.2, 0.25) is 5.91 Å². The molecule has 0 aliphatic carbocycles. The monoisotopic (exact) mass is 225 g/mol. The minimum absolute atomic E-state index is 0.242. The highest BCUT2D eigenvalue weighted by atomic mass is 16.2. The number of piperidine rings is 1. The molecular weight excluding hydrogens is 202 g/mol. The summed E-state index contributed by atoms with van der Waals surface area (Å²) in [5, 5.41) is 0. The highest BCUT2D eigenvalue weighted by Gasteiger charge is 2.28. The molecule has 2 rings (SSSR count). The van der Waals surface area contributed by atoms with Crippen LogP contribution in [-0.4, -0.2) is 54.5 Å². The Bertz CT molecular complexity index is 238. The summed E-state index contributed by atoms with van der Waals surface area (Å²) >= 11 is 0. The van der Waals surface area contributed by atoms with E-state index in [9.17, 15) is 4.79 Å². The predicted molar refractivity (Wildman–Crippen MR) is 64.1 cm³/mol. The first-order chi connectivity index (χ1) is 7.81. The first-order valence-electron chi connectivity index (χ1n) is 6.53. The van der Waals surface area contributed by atoms with Crippen LogP contribution < -0.4 is 5.73 Å². The van der Waals surface area contributed by atoms with Gasteiger partial charge in [-0.3, -0.25) is 9.69 Å². The van der Waals surface area contributed by atoms with E-state index >= 15 is 0 Å². The van der Waals surface area contributed by atoms with Crippen molar-refractivity contribution in [3.63, 3.8) is 0 Å². The lowest BCUT2D eigenvalue weighted by molar-refractivity contribution is -0.133. The molecule has 2 heterocycles. The van der Waals surface area contributed by atoms with Crippen molar-refractivity contribution in [3.05, 3.63) is 0 Å². The summed E-state index contributed by atoms with van der Waals surface area (Å²) in [6, 6.07) is 0.609.